The minimum Gasteiger partial charge on any atom is -0.326 e. The monoisotopic (exact) mass is 410 g/mol. The minimum absolute atomic E-state index is 0.0167. The fourth-order valence-electron chi connectivity index (χ4n) is 2.67. The van der Waals surface area contributed by atoms with Gasteiger partial charge in [0.1, 0.15) is 0 Å². The maximum atomic E-state index is 12.4. The summed E-state index contributed by atoms with van der Waals surface area (Å²) in [6.07, 6.45) is 4.90. The van der Waals surface area contributed by atoms with E-state index in [1.165, 1.54) is 11.3 Å². The van der Waals surface area contributed by atoms with Crippen LogP contribution in [0, 0.1) is 0 Å². The number of hydrogen-bond donors (Lipinski definition) is 1. The van der Waals surface area contributed by atoms with E-state index in [-0.39, 0.29) is 30.0 Å². The lowest BCUT2D eigenvalue weighted by Crippen LogP contribution is -2.31. The van der Waals surface area contributed by atoms with Crippen LogP contribution in [0.25, 0.3) is 17.1 Å². The molecule has 0 spiro atoms. The van der Waals surface area contributed by atoms with Crippen molar-refractivity contribution in [3.8, 4) is 0 Å². The average Bonchev–Trinajstić information content (AvgIpc) is 3.29. The van der Waals surface area contributed by atoms with Crippen molar-refractivity contribution >= 4 is 62.9 Å². The summed E-state index contributed by atoms with van der Waals surface area (Å²) in [7, 11) is 0. The van der Waals surface area contributed by atoms with Crippen molar-refractivity contribution in [1.82, 2.24) is 14.9 Å². The van der Waals surface area contributed by atoms with Gasteiger partial charge in [0.15, 0.2) is 0 Å². The van der Waals surface area contributed by atoms with Crippen LogP contribution in [-0.4, -0.2) is 38.5 Å². The number of rotatable bonds is 5. The summed E-state index contributed by atoms with van der Waals surface area (Å²) in [4.78, 5) is 47.6. The largest absolute Gasteiger partial charge is 0.326 e. The number of imide groups is 1. The van der Waals surface area contributed by atoms with E-state index in [0.717, 1.165) is 27.1 Å². The lowest BCUT2D eigenvalue weighted by molar-refractivity contribution is -0.123. The van der Waals surface area contributed by atoms with Crippen LogP contribution < -0.4 is 5.32 Å². The molecule has 0 saturated carbocycles. The van der Waals surface area contributed by atoms with Crippen LogP contribution in [0.2, 0.25) is 0 Å². The predicted molar refractivity (Wildman–Crippen MR) is 110 cm³/mol. The Morgan fingerprint density at radius 3 is 2.75 bits per heavy atom. The number of thioether (sulfide) groups is 1. The van der Waals surface area contributed by atoms with E-state index in [1.54, 1.807) is 36.7 Å². The molecule has 2 aromatic heterocycles. The number of amides is 3. The highest BCUT2D eigenvalue weighted by Crippen LogP contribution is 2.33. The van der Waals surface area contributed by atoms with Crippen molar-refractivity contribution in [1.29, 1.82) is 0 Å². The Bertz CT molecular complexity index is 1100. The van der Waals surface area contributed by atoms with Crippen LogP contribution in [0.1, 0.15) is 11.3 Å². The summed E-state index contributed by atoms with van der Waals surface area (Å²) in [6, 6.07) is 8.98. The lowest BCUT2D eigenvalue weighted by atomic mass is 10.2. The summed E-state index contributed by atoms with van der Waals surface area (Å²) in [5.74, 6) is -0.651. The van der Waals surface area contributed by atoms with Crippen molar-refractivity contribution in [3.05, 3.63) is 57.9 Å². The van der Waals surface area contributed by atoms with Gasteiger partial charge in [-0.05, 0) is 47.5 Å². The first-order valence-electron chi connectivity index (χ1n) is 8.40. The number of carbonyl (C=O) groups excluding carboxylic acids is 3. The van der Waals surface area contributed by atoms with Gasteiger partial charge < -0.3 is 5.32 Å². The van der Waals surface area contributed by atoms with Crippen LogP contribution in [0.3, 0.4) is 0 Å². The number of hydrogen-bond acceptors (Lipinski definition) is 7. The predicted octanol–water partition coefficient (Wildman–Crippen LogP) is 3.76. The molecule has 140 valence electrons. The SMILES string of the molecule is O=C(CCN1C(=O)SC(=Cc2cccs2)C1=O)Nc1ccc2nccnc2c1. The number of aromatic nitrogens is 2. The molecule has 0 unspecified atom stereocenters. The van der Waals surface area contributed by atoms with Crippen molar-refractivity contribution in [2.45, 2.75) is 6.42 Å². The van der Waals surface area contributed by atoms with Gasteiger partial charge in [-0.3, -0.25) is 29.3 Å². The Hall–Kier alpha value is -3.04. The van der Waals surface area contributed by atoms with E-state index in [0.29, 0.717) is 16.1 Å². The molecule has 0 bridgehead atoms. The normalized spacial score (nSPS) is 15.6. The van der Waals surface area contributed by atoms with E-state index in [4.69, 9.17) is 0 Å². The van der Waals surface area contributed by atoms with Crippen LogP contribution in [-0.2, 0) is 9.59 Å². The molecule has 1 fully saturated rings. The molecule has 0 radical (unpaired) electrons. The zero-order valence-corrected chi connectivity index (χ0v) is 16.1. The first-order valence-corrected chi connectivity index (χ1v) is 10.1. The zero-order chi connectivity index (χ0) is 19.5. The van der Waals surface area contributed by atoms with Gasteiger partial charge in [0.2, 0.25) is 5.91 Å². The van der Waals surface area contributed by atoms with Gasteiger partial charge in [0.05, 0.1) is 15.9 Å². The number of nitrogens with zero attached hydrogens (tertiary/aromatic N) is 3. The van der Waals surface area contributed by atoms with E-state index in [2.05, 4.69) is 15.3 Å². The van der Waals surface area contributed by atoms with Crippen LogP contribution in [0.15, 0.2) is 53.0 Å². The highest BCUT2D eigenvalue weighted by atomic mass is 32.2. The summed E-state index contributed by atoms with van der Waals surface area (Å²) in [5, 5.41) is 4.30. The molecule has 28 heavy (non-hydrogen) atoms. The smallest absolute Gasteiger partial charge is 0.293 e. The molecule has 3 amide bonds. The highest BCUT2D eigenvalue weighted by molar-refractivity contribution is 8.18. The van der Waals surface area contributed by atoms with Gasteiger partial charge in [-0.15, -0.1) is 11.3 Å². The molecule has 3 aromatic rings. The van der Waals surface area contributed by atoms with Gasteiger partial charge in [-0.25, -0.2) is 0 Å². The fraction of sp³-hybridized carbons (Fsp3) is 0.105. The maximum absolute atomic E-state index is 12.4. The quantitative estimate of drug-likeness (QED) is 0.644. The average molecular weight is 410 g/mol. The van der Waals surface area contributed by atoms with Crippen LogP contribution in [0.4, 0.5) is 10.5 Å². The summed E-state index contributed by atoms with van der Waals surface area (Å²) >= 11 is 2.38. The molecule has 0 aliphatic carbocycles. The molecule has 1 N–H and O–H groups in total. The number of nitrogens with one attached hydrogen (secondary N) is 1. The minimum atomic E-state index is -0.364. The molecule has 1 aliphatic heterocycles. The highest BCUT2D eigenvalue weighted by Gasteiger charge is 2.35. The van der Waals surface area contributed by atoms with Gasteiger partial charge in [0, 0.05) is 35.9 Å². The van der Waals surface area contributed by atoms with E-state index >= 15 is 0 Å². The molecular formula is C19H14N4O3S2. The third kappa shape index (κ3) is 3.95. The Kier molecular flexibility index (Phi) is 5.18. The van der Waals surface area contributed by atoms with Gasteiger partial charge in [-0.2, -0.15) is 0 Å². The number of fused-ring (bicyclic) bond motifs is 1. The Morgan fingerprint density at radius 1 is 1.14 bits per heavy atom. The van der Waals surface area contributed by atoms with Crippen LogP contribution >= 0.6 is 23.1 Å². The second-order valence-electron chi connectivity index (χ2n) is 5.91. The lowest BCUT2D eigenvalue weighted by Gasteiger charge is -2.12. The Balaban J connectivity index is 1.37. The maximum Gasteiger partial charge on any atom is 0.293 e. The third-order valence-electron chi connectivity index (χ3n) is 4.01. The number of thiophene rings is 1. The molecule has 7 nitrogen and oxygen atoms in total. The second kappa shape index (κ2) is 7.91. The summed E-state index contributed by atoms with van der Waals surface area (Å²) < 4.78 is 0. The van der Waals surface area contributed by atoms with Gasteiger partial charge in [-0.1, -0.05) is 6.07 Å². The van der Waals surface area contributed by atoms with Gasteiger partial charge in [0.25, 0.3) is 11.1 Å². The summed E-state index contributed by atoms with van der Waals surface area (Å²) in [5.41, 5.74) is 1.99. The fourth-order valence-corrected chi connectivity index (χ4v) is 4.26. The molecule has 4 rings (SSSR count). The Labute approximate surface area is 168 Å². The van der Waals surface area contributed by atoms with E-state index < -0.39 is 0 Å². The molecule has 1 saturated heterocycles. The second-order valence-corrected chi connectivity index (χ2v) is 7.88. The number of carbonyl (C=O) groups is 3. The first kappa shape index (κ1) is 18.3. The third-order valence-corrected chi connectivity index (χ3v) is 5.73. The molecule has 3 heterocycles. The molecule has 9 heteroatoms. The van der Waals surface area contributed by atoms with Crippen molar-refractivity contribution in [3.63, 3.8) is 0 Å². The standard InChI is InChI=1S/C19H14N4O3S2/c24-17(22-12-3-4-14-15(10-12)21-7-6-20-14)5-8-23-18(25)16(28-19(23)26)11-13-2-1-9-27-13/h1-4,6-7,9-11H,5,8H2,(H,22,24). The number of benzene rings is 1. The van der Waals surface area contributed by atoms with Crippen molar-refractivity contribution < 1.29 is 14.4 Å². The van der Waals surface area contributed by atoms with Gasteiger partial charge >= 0.3 is 0 Å². The van der Waals surface area contributed by atoms with E-state index in [9.17, 15) is 14.4 Å². The molecule has 1 aliphatic rings. The summed E-state index contributed by atoms with van der Waals surface area (Å²) in [6.45, 7) is 0.0334. The number of anilines is 1. The van der Waals surface area contributed by atoms with Crippen molar-refractivity contribution in [2.24, 2.45) is 0 Å². The van der Waals surface area contributed by atoms with Crippen LogP contribution in [0.5, 0.6) is 0 Å². The Morgan fingerprint density at radius 2 is 1.96 bits per heavy atom. The topological polar surface area (TPSA) is 92.3 Å². The van der Waals surface area contributed by atoms with E-state index in [1.807, 2.05) is 17.5 Å². The molecular weight excluding hydrogens is 396 g/mol. The zero-order valence-electron chi connectivity index (χ0n) is 14.5. The van der Waals surface area contributed by atoms with Crippen molar-refractivity contribution in [2.75, 3.05) is 11.9 Å². The first-order chi connectivity index (χ1) is 13.6. The molecule has 1 aromatic carbocycles. The molecule has 0 atom stereocenters.